The number of guanidine groups is 1. The highest BCUT2D eigenvalue weighted by atomic mass is 127. The highest BCUT2D eigenvalue weighted by Crippen LogP contribution is 2.32. The number of nitrogens with zero attached hydrogens (tertiary/aromatic N) is 1. The number of para-hydroxylation sites is 3. The van der Waals surface area contributed by atoms with Crippen molar-refractivity contribution in [3.05, 3.63) is 54.1 Å². The molecule has 2 unspecified atom stereocenters. The molecule has 2 aromatic carbocycles. The van der Waals surface area contributed by atoms with E-state index in [4.69, 9.17) is 19.9 Å². The highest BCUT2D eigenvalue weighted by Gasteiger charge is 2.22. The summed E-state index contributed by atoms with van der Waals surface area (Å²) in [6.07, 6.45) is 0.709. The maximum atomic E-state index is 6.08. The molecule has 0 aromatic heterocycles. The Morgan fingerprint density at radius 2 is 1.77 bits per heavy atom. The van der Waals surface area contributed by atoms with Crippen LogP contribution in [0.4, 0.5) is 0 Å². The van der Waals surface area contributed by atoms with Crippen LogP contribution in [0.2, 0.25) is 0 Å². The number of aliphatic imine (C=N–C) groups is 1. The quantitative estimate of drug-likeness (QED) is 0.413. The van der Waals surface area contributed by atoms with E-state index < -0.39 is 0 Å². The lowest BCUT2D eigenvalue weighted by molar-refractivity contribution is 0.0971. The summed E-state index contributed by atoms with van der Waals surface area (Å²) >= 11 is 0. The van der Waals surface area contributed by atoms with Crippen molar-refractivity contribution in [2.75, 3.05) is 19.8 Å². The molecule has 0 saturated carbocycles. The number of nitrogens with two attached hydrogens (primary N) is 1. The van der Waals surface area contributed by atoms with E-state index in [2.05, 4.69) is 16.4 Å². The van der Waals surface area contributed by atoms with Gasteiger partial charge in [-0.15, -0.1) is 24.0 Å². The lowest BCUT2D eigenvalue weighted by Gasteiger charge is -2.27. The molecule has 7 heteroatoms. The zero-order chi connectivity index (χ0) is 17.1. The predicted molar refractivity (Wildman–Crippen MR) is 111 cm³/mol. The van der Waals surface area contributed by atoms with Crippen molar-refractivity contribution in [2.45, 2.75) is 18.6 Å². The molecule has 26 heavy (non-hydrogen) atoms. The van der Waals surface area contributed by atoms with E-state index in [0.29, 0.717) is 25.7 Å². The third-order valence-electron chi connectivity index (χ3n) is 4.31. The van der Waals surface area contributed by atoms with Gasteiger partial charge in [-0.3, -0.25) is 0 Å². The molecule has 0 bridgehead atoms. The number of hydrogen-bond acceptors (Lipinski definition) is 4. The first-order chi connectivity index (χ1) is 12.3. The molecule has 2 heterocycles. The second-order valence-corrected chi connectivity index (χ2v) is 6.10. The van der Waals surface area contributed by atoms with E-state index in [0.717, 1.165) is 29.2 Å². The van der Waals surface area contributed by atoms with Crippen LogP contribution < -0.4 is 25.3 Å². The summed E-state index contributed by atoms with van der Waals surface area (Å²) in [7, 11) is 0. The summed E-state index contributed by atoms with van der Waals surface area (Å²) in [5.74, 6) is 2.83. The van der Waals surface area contributed by atoms with Crippen LogP contribution in [-0.4, -0.2) is 31.8 Å². The molecule has 3 N–H and O–H groups in total. The molecular weight excluding hydrogens is 445 g/mol. The molecular formula is C19H22IN3O3. The Balaban J connectivity index is 0.00000196. The number of fused-ring (bicyclic) bond motifs is 2. The molecule has 0 spiro atoms. The predicted octanol–water partition coefficient (Wildman–Crippen LogP) is 2.87. The molecule has 4 rings (SSSR count). The minimum Gasteiger partial charge on any atom is -0.493 e. The van der Waals surface area contributed by atoms with E-state index in [1.165, 1.54) is 0 Å². The summed E-state index contributed by atoms with van der Waals surface area (Å²) in [5, 5.41) is 3.29. The number of hydrogen-bond donors (Lipinski definition) is 2. The molecule has 138 valence electrons. The second kappa shape index (κ2) is 8.48. The smallest absolute Gasteiger partial charge is 0.189 e. The Morgan fingerprint density at radius 1 is 1.04 bits per heavy atom. The Bertz CT molecular complexity index is 784. The summed E-state index contributed by atoms with van der Waals surface area (Å²) in [5.41, 5.74) is 7.18. The average molecular weight is 467 g/mol. The number of halogens is 1. The summed E-state index contributed by atoms with van der Waals surface area (Å²) < 4.78 is 17.3. The van der Waals surface area contributed by atoms with Crippen molar-refractivity contribution in [1.82, 2.24) is 5.32 Å². The fourth-order valence-electron chi connectivity index (χ4n) is 3.07. The van der Waals surface area contributed by atoms with Crippen molar-refractivity contribution < 1.29 is 14.2 Å². The van der Waals surface area contributed by atoms with Gasteiger partial charge in [-0.1, -0.05) is 30.3 Å². The Kier molecular flexibility index (Phi) is 6.08. The van der Waals surface area contributed by atoms with Gasteiger partial charge in [-0.25, -0.2) is 4.99 Å². The van der Waals surface area contributed by atoms with Crippen LogP contribution in [0.15, 0.2) is 53.5 Å². The zero-order valence-electron chi connectivity index (χ0n) is 14.3. The largest absolute Gasteiger partial charge is 0.493 e. The van der Waals surface area contributed by atoms with Crippen molar-refractivity contribution in [3.8, 4) is 17.2 Å². The SMILES string of the molecule is I.NC(=NCC1COc2ccccc2O1)NC1CCOc2ccccc21. The number of ether oxygens (including phenoxy) is 3. The van der Waals surface area contributed by atoms with Crippen molar-refractivity contribution in [3.63, 3.8) is 0 Å². The van der Waals surface area contributed by atoms with Gasteiger partial charge in [0, 0.05) is 12.0 Å². The van der Waals surface area contributed by atoms with Crippen molar-refractivity contribution >= 4 is 29.9 Å². The molecule has 0 aliphatic carbocycles. The van der Waals surface area contributed by atoms with Gasteiger partial charge in [-0.2, -0.15) is 0 Å². The van der Waals surface area contributed by atoms with Crippen LogP contribution in [0.25, 0.3) is 0 Å². The zero-order valence-corrected chi connectivity index (χ0v) is 16.6. The van der Waals surface area contributed by atoms with Crippen LogP contribution in [0.3, 0.4) is 0 Å². The number of benzene rings is 2. The minimum absolute atomic E-state index is 0. The normalized spacial score (nSPS) is 21.0. The van der Waals surface area contributed by atoms with E-state index in [1.54, 1.807) is 0 Å². The van der Waals surface area contributed by atoms with E-state index in [-0.39, 0.29) is 36.1 Å². The molecule has 2 atom stereocenters. The molecule has 2 aromatic rings. The van der Waals surface area contributed by atoms with Crippen LogP contribution in [0, 0.1) is 0 Å². The lowest BCUT2D eigenvalue weighted by Crippen LogP contribution is -2.39. The molecule has 0 fully saturated rings. The van der Waals surface area contributed by atoms with E-state index in [1.807, 2.05) is 42.5 Å². The molecule has 2 aliphatic heterocycles. The monoisotopic (exact) mass is 467 g/mol. The van der Waals surface area contributed by atoms with Gasteiger partial charge >= 0.3 is 0 Å². The first-order valence-corrected chi connectivity index (χ1v) is 8.46. The Labute approximate surface area is 169 Å². The van der Waals surface area contributed by atoms with E-state index in [9.17, 15) is 0 Å². The molecule has 0 saturated heterocycles. The third-order valence-corrected chi connectivity index (χ3v) is 4.31. The fraction of sp³-hybridized carbons (Fsp3) is 0.316. The third kappa shape index (κ3) is 4.14. The first kappa shape index (κ1) is 18.6. The minimum atomic E-state index is -0.141. The van der Waals surface area contributed by atoms with Crippen LogP contribution >= 0.6 is 24.0 Å². The number of rotatable bonds is 3. The van der Waals surface area contributed by atoms with E-state index >= 15 is 0 Å². The highest BCUT2D eigenvalue weighted by molar-refractivity contribution is 14.0. The maximum Gasteiger partial charge on any atom is 0.189 e. The van der Waals surface area contributed by atoms with Gasteiger partial charge in [0.05, 0.1) is 19.2 Å². The van der Waals surface area contributed by atoms with Crippen LogP contribution in [0.1, 0.15) is 18.0 Å². The summed E-state index contributed by atoms with van der Waals surface area (Å²) in [6, 6.07) is 15.7. The first-order valence-electron chi connectivity index (χ1n) is 8.46. The van der Waals surface area contributed by atoms with Gasteiger partial charge in [0.15, 0.2) is 23.6 Å². The second-order valence-electron chi connectivity index (χ2n) is 6.10. The lowest BCUT2D eigenvalue weighted by atomic mass is 10.0. The fourth-order valence-corrected chi connectivity index (χ4v) is 3.07. The van der Waals surface area contributed by atoms with Gasteiger partial charge in [0.1, 0.15) is 12.4 Å². The van der Waals surface area contributed by atoms with Gasteiger partial charge in [0.2, 0.25) is 0 Å². The summed E-state index contributed by atoms with van der Waals surface area (Å²) in [6.45, 7) is 1.57. The topological polar surface area (TPSA) is 78.1 Å². The van der Waals surface area contributed by atoms with Crippen LogP contribution in [-0.2, 0) is 0 Å². The molecule has 0 radical (unpaired) electrons. The van der Waals surface area contributed by atoms with Crippen molar-refractivity contribution in [1.29, 1.82) is 0 Å². The molecule has 6 nitrogen and oxygen atoms in total. The van der Waals surface area contributed by atoms with Gasteiger partial charge in [-0.05, 0) is 18.2 Å². The van der Waals surface area contributed by atoms with Gasteiger partial charge < -0.3 is 25.3 Å². The standard InChI is InChI=1S/C19H21N3O3.HI/c20-19(22-15-9-10-23-16-6-2-1-5-14(15)16)21-11-13-12-24-17-7-3-4-8-18(17)25-13;/h1-8,13,15H,9-12H2,(H3,20,21,22);1H. The maximum absolute atomic E-state index is 6.08. The Morgan fingerprint density at radius 3 is 2.62 bits per heavy atom. The van der Waals surface area contributed by atoms with Gasteiger partial charge in [0.25, 0.3) is 0 Å². The number of nitrogens with one attached hydrogen (secondary N) is 1. The Hall–Kier alpha value is -2.16. The molecule has 0 amide bonds. The van der Waals surface area contributed by atoms with Crippen molar-refractivity contribution in [2.24, 2.45) is 10.7 Å². The summed E-state index contributed by atoms with van der Waals surface area (Å²) in [4.78, 5) is 4.43. The average Bonchev–Trinajstić information content (AvgIpc) is 2.66. The van der Waals surface area contributed by atoms with Crippen LogP contribution in [0.5, 0.6) is 17.2 Å². The molecule has 2 aliphatic rings.